The van der Waals surface area contributed by atoms with E-state index < -0.39 is 6.17 Å². The molecule has 0 amide bonds. The molecule has 1 rings (SSSR count). The predicted octanol–water partition coefficient (Wildman–Crippen LogP) is 1.03. The molecule has 1 aliphatic heterocycles. The highest BCUT2D eigenvalue weighted by Gasteiger charge is 2.36. The number of hydrogen-bond acceptors (Lipinski definition) is 2. The van der Waals surface area contributed by atoms with Crippen LogP contribution in [0.25, 0.3) is 0 Å². The fourth-order valence-electron chi connectivity index (χ4n) is 1.58. The Kier molecular flexibility index (Phi) is 2.74. The molecule has 1 heterocycles. The molecule has 0 bridgehead atoms. The monoisotopic (exact) mass is 174 g/mol. The van der Waals surface area contributed by atoms with Crippen LogP contribution < -0.4 is 5.32 Å². The Balaban J connectivity index is 2.54. The number of halogens is 1. The van der Waals surface area contributed by atoms with Crippen molar-refractivity contribution in [3.05, 3.63) is 0 Å². The molecular formula is C9H19FN2. The number of hydrogen-bond donors (Lipinski definition) is 1. The Bertz CT molecular complexity index is 153. The molecule has 0 aliphatic carbocycles. The van der Waals surface area contributed by atoms with Crippen LogP contribution in [0, 0.1) is 0 Å². The Morgan fingerprint density at radius 1 is 1.33 bits per heavy atom. The Labute approximate surface area is 74.1 Å². The standard InChI is InChI=1S/C9H19FN2/c1-9(2,3)12-5-7(10)8(6-12)11-4/h7-8,11H,5-6H2,1-4H3/t7-,8-/m1/s1. The van der Waals surface area contributed by atoms with Gasteiger partial charge in [-0.25, -0.2) is 4.39 Å². The molecule has 3 heteroatoms. The highest BCUT2D eigenvalue weighted by molar-refractivity contribution is 4.93. The van der Waals surface area contributed by atoms with Crippen LogP contribution in [0.1, 0.15) is 20.8 Å². The number of likely N-dealkylation sites (tertiary alicyclic amines) is 1. The normalized spacial score (nSPS) is 32.8. The van der Waals surface area contributed by atoms with Gasteiger partial charge in [-0.05, 0) is 27.8 Å². The summed E-state index contributed by atoms with van der Waals surface area (Å²) in [6.45, 7) is 7.75. The third kappa shape index (κ3) is 1.96. The summed E-state index contributed by atoms with van der Waals surface area (Å²) in [5.74, 6) is 0. The lowest BCUT2D eigenvalue weighted by atomic mass is 10.1. The SMILES string of the molecule is CN[C@@H]1CN(C(C)(C)C)C[C@H]1F. The van der Waals surface area contributed by atoms with E-state index in [0.29, 0.717) is 6.54 Å². The van der Waals surface area contributed by atoms with E-state index >= 15 is 0 Å². The molecular weight excluding hydrogens is 155 g/mol. The molecule has 2 nitrogen and oxygen atoms in total. The summed E-state index contributed by atoms with van der Waals surface area (Å²) in [7, 11) is 1.82. The number of nitrogens with zero attached hydrogens (tertiary/aromatic N) is 1. The van der Waals surface area contributed by atoms with Gasteiger partial charge in [0.05, 0.1) is 6.04 Å². The Morgan fingerprint density at radius 3 is 2.17 bits per heavy atom. The molecule has 1 saturated heterocycles. The van der Waals surface area contributed by atoms with Crippen LogP contribution in [0.2, 0.25) is 0 Å². The summed E-state index contributed by atoms with van der Waals surface area (Å²) in [5.41, 5.74) is 0.0932. The van der Waals surface area contributed by atoms with Crippen LogP contribution in [-0.4, -0.2) is 42.8 Å². The zero-order valence-electron chi connectivity index (χ0n) is 8.39. The van der Waals surface area contributed by atoms with Gasteiger partial charge in [0.1, 0.15) is 6.17 Å². The summed E-state index contributed by atoms with van der Waals surface area (Å²) >= 11 is 0. The summed E-state index contributed by atoms with van der Waals surface area (Å²) < 4.78 is 13.3. The minimum atomic E-state index is -0.714. The van der Waals surface area contributed by atoms with Gasteiger partial charge in [-0.2, -0.15) is 0 Å². The smallest absolute Gasteiger partial charge is 0.129 e. The third-order valence-electron chi connectivity index (χ3n) is 2.57. The Morgan fingerprint density at radius 2 is 1.92 bits per heavy atom. The molecule has 0 aromatic carbocycles. The molecule has 1 aliphatic rings. The second-order valence-electron chi connectivity index (χ2n) is 4.49. The first-order valence-electron chi connectivity index (χ1n) is 4.51. The molecule has 0 aromatic rings. The second kappa shape index (κ2) is 3.30. The fraction of sp³-hybridized carbons (Fsp3) is 1.00. The first-order valence-corrected chi connectivity index (χ1v) is 4.51. The summed E-state index contributed by atoms with van der Waals surface area (Å²) in [6, 6.07) is 0.0178. The van der Waals surface area contributed by atoms with Crippen LogP contribution >= 0.6 is 0 Å². The van der Waals surface area contributed by atoms with E-state index in [1.54, 1.807) is 0 Å². The average Bonchev–Trinajstić information content (AvgIpc) is 2.29. The first-order chi connectivity index (χ1) is 5.45. The van der Waals surface area contributed by atoms with Crippen molar-refractivity contribution >= 4 is 0 Å². The van der Waals surface area contributed by atoms with Gasteiger partial charge in [0.2, 0.25) is 0 Å². The van der Waals surface area contributed by atoms with Gasteiger partial charge in [0.15, 0.2) is 0 Å². The molecule has 0 spiro atoms. The maximum Gasteiger partial charge on any atom is 0.129 e. The van der Waals surface area contributed by atoms with Crippen molar-refractivity contribution in [2.24, 2.45) is 0 Å². The van der Waals surface area contributed by atoms with E-state index in [4.69, 9.17) is 0 Å². The molecule has 1 fully saturated rings. The van der Waals surface area contributed by atoms with Crippen LogP contribution in [0.4, 0.5) is 4.39 Å². The number of rotatable bonds is 1. The van der Waals surface area contributed by atoms with Crippen molar-refractivity contribution in [3.8, 4) is 0 Å². The molecule has 72 valence electrons. The highest BCUT2D eigenvalue weighted by atomic mass is 19.1. The molecule has 2 atom stereocenters. The molecule has 12 heavy (non-hydrogen) atoms. The number of likely N-dealkylation sites (N-methyl/N-ethyl adjacent to an activating group) is 1. The van der Waals surface area contributed by atoms with E-state index in [1.807, 2.05) is 7.05 Å². The topological polar surface area (TPSA) is 15.3 Å². The van der Waals surface area contributed by atoms with E-state index in [-0.39, 0.29) is 11.6 Å². The molecule has 0 aromatic heterocycles. The Hall–Kier alpha value is -0.150. The van der Waals surface area contributed by atoms with Gasteiger partial charge in [-0.1, -0.05) is 0 Å². The van der Waals surface area contributed by atoms with Crippen molar-refractivity contribution in [1.29, 1.82) is 0 Å². The van der Waals surface area contributed by atoms with Crippen molar-refractivity contribution in [1.82, 2.24) is 10.2 Å². The fourth-order valence-corrected chi connectivity index (χ4v) is 1.58. The minimum absolute atomic E-state index is 0.0178. The van der Waals surface area contributed by atoms with Crippen LogP contribution in [-0.2, 0) is 0 Å². The average molecular weight is 174 g/mol. The van der Waals surface area contributed by atoms with Crippen molar-refractivity contribution < 1.29 is 4.39 Å². The van der Waals surface area contributed by atoms with E-state index in [0.717, 1.165) is 6.54 Å². The van der Waals surface area contributed by atoms with E-state index in [1.165, 1.54) is 0 Å². The number of nitrogens with one attached hydrogen (secondary N) is 1. The van der Waals surface area contributed by atoms with E-state index in [9.17, 15) is 4.39 Å². The summed E-state index contributed by atoms with van der Waals surface area (Å²) in [5, 5.41) is 3.00. The van der Waals surface area contributed by atoms with Crippen molar-refractivity contribution in [3.63, 3.8) is 0 Å². The van der Waals surface area contributed by atoms with Crippen LogP contribution in [0.5, 0.6) is 0 Å². The van der Waals surface area contributed by atoms with Gasteiger partial charge in [0, 0.05) is 18.6 Å². The zero-order chi connectivity index (χ0) is 9.35. The van der Waals surface area contributed by atoms with Gasteiger partial charge in [-0.15, -0.1) is 0 Å². The molecule has 1 N–H and O–H groups in total. The van der Waals surface area contributed by atoms with Crippen molar-refractivity contribution in [2.45, 2.75) is 38.5 Å². The maximum absolute atomic E-state index is 13.3. The van der Waals surface area contributed by atoms with Gasteiger partial charge < -0.3 is 5.32 Å². The largest absolute Gasteiger partial charge is 0.313 e. The lowest BCUT2D eigenvalue weighted by Crippen LogP contribution is -2.41. The van der Waals surface area contributed by atoms with Crippen LogP contribution in [0.15, 0.2) is 0 Å². The zero-order valence-corrected chi connectivity index (χ0v) is 8.39. The lowest BCUT2D eigenvalue weighted by Gasteiger charge is -2.31. The third-order valence-corrected chi connectivity index (χ3v) is 2.57. The quantitative estimate of drug-likeness (QED) is 0.638. The first kappa shape index (κ1) is 9.93. The van der Waals surface area contributed by atoms with E-state index in [2.05, 4.69) is 31.0 Å². The minimum Gasteiger partial charge on any atom is -0.313 e. The van der Waals surface area contributed by atoms with Crippen molar-refractivity contribution in [2.75, 3.05) is 20.1 Å². The molecule has 0 unspecified atom stereocenters. The summed E-state index contributed by atoms with van der Waals surface area (Å²) in [6.07, 6.45) is -0.714. The second-order valence-corrected chi connectivity index (χ2v) is 4.49. The predicted molar refractivity (Wildman–Crippen MR) is 49.1 cm³/mol. The molecule has 0 radical (unpaired) electrons. The van der Waals surface area contributed by atoms with Gasteiger partial charge in [-0.3, -0.25) is 4.90 Å². The van der Waals surface area contributed by atoms with Gasteiger partial charge >= 0.3 is 0 Å². The number of alkyl halides is 1. The molecule has 0 saturated carbocycles. The van der Waals surface area contributed by atoms with Gasteiger partial charge in [0.25, 0.3) is 0 Å². The van der Waals surface area contributed by atoms with Crippen LogP contribution in [0.3, 0.4) is 0 Å². The lowest BCUT2D eigenvalue weighted by molar-refractivity contribution is 0.161. The summed E-state index contributed by atoms with van der Waals surface area (Å²) in [4.78, 5) is 2.18. The maximum atomic E-state index is 13.3. The highest BCUT2D eigenvalue weighted by Crippen LogP contribution is 2.22.